The summed E-state index contributed by atoms with van der Waals surface area (Å²) in [5, 5.41) is -0.366. The molecule has 0 bridgehead atoms. The zero-order valence-corrected chi connectivity index (χ0v) is 20.9. The van der Waals surface area contributed by atoms with E-state index in [4.69, 9.17) is 27.8 Å². The van der Waals surface area contributed by atoms with Crippen LogP contribution < -0.4 is 16.2 Å². The number of amides is 1. The number of anilines is 1. The molecule has 10 heteroatoms. The molecule has 2 aliphatic rings. The molecule has 2 aromatic rings. The maximum absolute atomic E-state index is 14.4. The summed E-state index contributed by atoms with van der Waals surface area (Å²) in [5.74, 6) is -1.99. The van der Waals surface area contributed by atoms with Crippen molar-refractivity contribution in [2.24, 2.45) is 5.73 Å². The number of rotatable bonds is 9. The number of carbonyl (C=O) groups is 1. The molecule has 36 heavy (non-hydrogen) atoms. The number of nitrogens with two attached hydrogens (primary N) is 2. The van der Waals surface area contributed by atoms with Gasteiger partial charge in [-0.3, -0.25) is 4.79 Å². The molecule has 2 heterocycles. The molecule has 1 aromatic heterocycles. The summed E-state index contributed by atoms with van der Waals surface area (Å²) < 4.78 is 34.3. The average Bonchev–Trinajstić information content (AvgIpc) is 3.37. The van der Waals surface area contributed by atoms with Gasteiger partial charge in [-0.15, -0.1) is 0 Å². The van der Waals surface area contributed by atoms with E-state index in [9.17, 15) is 13.6 Å². The van der Waals surface area contributed by atoms with Crippen LogP contribution in [0.5, 0.6) is 5.88 Å². The lowest BCUT2D eigenvalue weighted by Gasteiger charge is -2.33. The zero-order valence-electron chi connectivity index (χ0n) is 20.1. The molecule has 2 atom stereocenters. The molecule has 4 N–H and O–H groups in total. The third kappa shape index (κ3) is 5.52. The lowest BCUT2D eigenvalue weighted by molar-refractivity contribution is -0.114. The second-order valence-electron chi connectivity index (χ2n) is 9.36. The highest BCUT2D eigenvalue weighted by molar-refractivity contribution is 6.31. The molecule has 0 radical (unpaired) electrons. The van der Waals surface area contributed by atoms with Crippen molar-refractivity contribution in [3.63, 3.8) is 0 Å². The molecule has 0 saturated carbocycles. The number of halogens is 3. The fourth-order valence-electron chi connectivity index (χ4n) is 4.93. The molecule has 1 aliphatic heterocycles. The number of aromatic nitrogens is 2. The van der Waals surface area contributed by atoms with Crippen LogP contribution in [0.2, 0.25) is 5.02 Å². The number of carbonyl (C=O) groups excluding carboxylic acids is 1. The number of ether oxygens (including phenoxy) is 1. The predicted octanol–water partition coefficient (Wildman–Crippen LogP) is 4.62. The minimum absolute atomic E-state index is 0.00351. The number of nitrogens with zero attached hydrogens (tertiary/aromatic N) is 3. The van der Waals surface area contributed by atoms with Gasteiger partial charge in [-0.05, 0) is 70.8 Å². The maximum atomic E-state index is 14.4. The molecule has 4 rings (SSSR count). The normalized spacial score (nSPS) is 20.8. The minimum Gasteiger partial charge on any atom is -0.467 e. The molecular formula is C26H30ClF2N5O2. The van der Waals surface area contributed by atoms with Gasteiger partial charge in [0.1, 0.15) is 17.7 Å². The Morgan fingerprint density at radius 1 is 1.28 bits per heavy atom. The highest BCUT2D eigenvalue weighted by atomic mass is 35.5. The van der Waals surface area contributed by atoms with Crippen molar-refractivity contribution in [1.82, 2.24) is 14.9 Å². The molecule has 192 valence electrons. The van der Waals surface area contributed by atoms with Crippen molar-refractivity contribution in [2.45, 2.75) is 50.5 Å². The average molecular weight is 518 g/mol. The van der Waals surface area contributed by atoms with E-state index in [1.165, 1.54) is 19.8 Å². The van der Waals surface area contributed by atoms with Crippen LogP contribution in [-0.4, -0.2) is 40.4 Å². The first-order chi connectivity index (χ1) is 17.2. The van der Waals surface area contributed by atoms with Gasteiger partial charge in [-0.1, -0.05) is 29.8 Å². The van der Waals surface area contributed by atoms with E-state index >= 15 is 0 Å². The van der Waals surface area contributed by atoms with Crippen LogP contribution in [0, 0.1) is 11.6 Å². The first-order valence-corrected chi connectivity index (χ1v) is 12.4. The van der Waals surface area contributed by atoms with Crippen molar-refractivity contribution < 1.29 is 18.3 Å². The van der Waals surface area contributed by atoms with Crippen LogP contribution in [0.25, 0.3) is 0 Å². The smallest absolute Gasteiger partial charge is 0.258 e. The lowest BCUT2D eigenvalue weighted by Crippen LogP contribution is -2.32. The van der Waals surface area contributed by atoms with Gasteiger partial charge < -0.3 is 21.1 Å². The second kappa shape index (κ2) is 10.9. The quantitative estimate of drug-likeness (QED) is 0.470. The molecule has 7 nitrogen and oxygen atoms in total. The van der Waals surface area contributed by atoms with Crippen LogP contribution in [0.4, 0.5) is 14.6 Å². The Kier molecular flexibility index (Phi) is 7.90. The Labute approximate surface area is 214 Å². The largest absolute Gasteiger partial charge is 0.467 e. The Bertz CT molecular complexity index is 1200. The number of likely N-dealkylation sites (tertiary alicyclic amines) is 1. The van der Waals surface area contributed by atoms with Crippen molar-refractivity contribution in [2.75, 3.05) is 25.4 Å². The number of hydrogen-bond acceptors (Lipinski definition) is 6. The number of primary amides is 1. The van der Waals surface area contributed by atoms with E-state index in [-0.39, 0.29) is 22.3 Å². The van der Waals surface area contributed by atoms with Crippen molar-refractivity contribution >= 4 is 23.3 Å². The second-order valence-corrected chi connectivity index (χ2v) is 9.74. The summed E-state index contributed by atoms with van der Waals surface area (Å²) in [7, 11) is 0. The minimum atomic E-state index is -0.992. The van der Waals surface area contributed by atoms with E-state index in [2.05, 4.69) is 14.9 Å². The number of hydrogen-bond donors (Lipinski definition) is 2. The van der Waals surface area contributed by atoms with Gasteiger partial charge >= 0.3 is 0 Å². The predicted molar refractivity (Wildman–Crippen MR) is 134 cm³/mol. The maximum Gasteiger partial charge on any atom is 0.258 e. The molecule has 1 aromatic carbocycles. The molecule has 0 spiro atoms. The highest BCUT2D eigenvalue weighted by Gasteiger charge is 2.36. The monoisotopic (exact) mass is 517 g/mol. The van der Waals surface area contributed by atoms with E-state index in [1.54, 1.807) is 12.3 Å². The molecule has 2 unspecified atom stereocenters. The number of benzene rings is 1. The van der Waals surface area contributed by atoms with E-state index < -0.39 is 29.1 Å². The lowest BCUT2D eigenvalue weighted by atomic mass is 9.72. The summed E-state index contributed by atoms with van der Waals surface area (Å²) in [4.78, 5) is 23.4. The summed E-state index contributed by atoms with van der Waals surface area (Å²) in [6.45, 7) is 4.64. The van der Waals surface area contributed by atoms with Gasteiger partial charge in [-0.2, -0.15) is 0 Å². The Hall–Kier alpha value is -3.04. The number of nitrogen functional groups attached to an aromatic ring is 1. The van der Waals surface area contributed by atoms with Crippen LogP contribution >= 0.6 is 11.6 Å². The van der Waals surface area contributed by atoms with Gasteiger partial charge in [0.15, 0.2) is 5.82 Å². The van der Waals surface area contributed by atoms with Crippen molar-refractivity contribution in [1.29, 1.82) is 0 Å². The summed E-state index contributed by atoms with van der Waals surface area (Å²) in [6, 6.07) is 1.94. The summed E-state index contributed by atoms with van der Waals surface area (Å²) >= 11 is 6.01. The third-order valence-corrected chi connectivity index (χ3v) is 7.27. The molecular weight excluding hydrogens is 488 g/mol. The molecule has 1 saturated heterocycles. The fraction of sp³-hybridized carbons (Fsp3) is 0.423. The fourth-order valence-corrected chi connectivity index (χ4v) is 5.23. The van der Waals surface area contributed by atoms with Crippen LogP contribution in [0.1, 0.15) is 56.4 Å². The Morgan fingerprint density at radius 3 is 2.72 bits per heavy atom. The summed E-state index contributed by atoms with van der Waals surface area (Å²) in [5.41, 5.74) is 11.9. The van der Waals surface area contributed by atoms with E-state index in [0.717, 1.165) is 38.2 Å². The van der Waals surface area contributed by atoms with Crippen molar-refractivity contribution in [3.05, 3.63) is 70.0 Å². The number of allylic oxidation sites excluding steroid dienone is 3. The molecule has 1 amide bonds. The first-order valence-electron chi connectivity index (χ1n) is 12.0. The zero-order chi connectivity index (χ0) is 25.9. The van der Waals surface area contributed by atoms with E-state index in [1.807, 2.05) is 12.2 Å². The molecule has 1 fully saturated rings. The first kappa shape index (κ1) is 26.0. The van der Waals surface area contributed by atoms with Crippen LogP contribution in [0.3, 0.4) is 0 Å². The van der Waals surface area contributed by atoms with Gasteiger partial charge in [0.25, 0.3) is 5.88 Å². The van der Waals surface area contributed by atoms with Crippen LogP contribution in [-0.2, 0) is 10.2 Å². The van der Waals surface area contributed by atoms with Gasteiger partial charge in [0.05, 0.1) is 16.9 Å². The molecule has 1 aliphatic carbocycles. The van der Waals surface area contributed by atoms with Gasteiger partial charge in [0.2, 0.25) is 5.91 Å². The third-order valence-electron chi connectivity index (χ3n) is 6.88. The van der Waals surface area contributed by atoms with Gasteiger partial charge in [-0.25, -0.2) is 18.7 Å². The Balaban J connectivity index is 1.63. The van der Waals surface area contributed by atoms with Gasteiger partial charge in [0, 0.05) is 16.6 Å². The highest BCUT2D eigenvalue weighted by Crippen LogP contribution is 2.40. The van der Waals surface area contributed by atoms with Crippen molar-refractivity contribution in [3.8, 4) is 5.88 Å². The topological polar surface area (TPSA) is 107 Å². The van der Waals surface area contributed by atoms with Crippen LogP contribution in [0.15, 0.2) is 42.1 Å². The standard InChI is InChI=1S/C26H30ClF2N5O2/c1-16(21-18(28)7-8-19(29)22(21)27)36-25-23(30)32-15-20(33-25)26(9-4-6-17(14-26)24(31)35)10-5-13-34-11-2-3-12-34/h4,6-9,15-16H,2-3,5,10-14H2,1H3,(H2,30,32)(H2,31,35). The SMILES string of the molecule is CC(Oc1nc(C2(CCCN3CCCC3)C=CC=C(C(N)=O)C2)cnc1N)c1c(F)ccc(F)c1Cl. The summed E-state index contributed by atoms with van der Waals surface area (Å²) in [6.07, 6.45) is 10.4. The Morgan fingerprint density at radius 2 is 2.00 bits per heavy atom. The van der Waals surface area contributed by atoms with E-state index in [0.29, 0.717) is 24.1 Å².